The quantitative estimate of drug-likeness (QED) is 0.835. The van der Waals surface area contributed by atoms with Crippen LogP contribution in [0.15, 0.2) is 17.9 Å². The molecule has 1 heterocycles. The minimum atomic E-state index is -0.530. The van der Waals surface area contributed by atoms with Crippen molar-refractivity contribution in [1.82, 2.24) is 0 Å². The summed E-state index contributed by atoms with van der Waals surface area (Å²) in [6.07, 6.45) is 2.50. The van der Waals surface area contributed by atoms with Crippen LogP contribution >= 0.6 is 0 Å². The molecule has 1 aromatic carbocycles. The molecule has 21 heavy (non-hydrogen) atoms. The van der Waals surface area contributed by atoms with Crippen molar-refractivity contribution >= 4 is 11.5 Å². The van der Waals surface area contributed by atoms with E-state index in [0.717, 1.165) is 16.7 Å². The fourth-order valence-electron chi connectivity index (χ4n) is 3.09. The highest BCUT2D eigenvalue weighted by Crippen LogP contribution is 2.43. The lowest BCUT2D eigenvalue weighted by Gasteiger charge is -2.31. The van der Waals surface area contributed by atoms with E-state index in [0.29, 0.717) is 11.5 Å². The zero-order chi connectivity index (χ0) is 15.4. The monoisotopic (exact) mass is 286 g/mol. The van der Waals surface area contributed by atoms with Crippen molar-refractivity contribution in [2.75, 3.05) is 6.61 Å². The highest BCUT2D eigenvalue weighted by atomic mass is 16.5. The fraction of sp³-hybridized carbons (Fsp3) is 0.500. The van der Waals surface area contributed by atoms with Crippen LogP contribution in [-0.4, -0.2) is 17.7 Å². The Labute approximate surface area is 125 Å². The SMILES string of the molecule is Cc1cc(C2CC2)cc(C)c1C1=C(O)C(C)(C)COC1=O. The molecule has 3 nitrogen and oxygen atoms in total. The van der Waals surface area contributed by atoms with Crippen LogP contribution in [0.5, 0.6) is 0 Å². The highest BCUT2D eigenvalue weighted by molar-refractivity contribution is 6.18. The third-order valence-corrected chi connectivity index (χ3v) is 4.50. The van der Waals surface area contributed by atoms with Crippen molar-refractivity contribution in [3.8, 4) is 0 Å². The van der Waals surface area contributed by atoms with Crippen LogP contribution < -0.4 is 0 Å². The molecule has 3 rings (SSSR count). The summed E-state index contributed by atoms with van der Waals surface area (Å²) in [6, 6.07) is 4.30. The number of hydrogen-bond donors (Lipinski definition) is 1. The first-order valence-electron chi connectivity index (χ1n) is 7.53. The van der Waals surface area contributed by atoms with E-state index >= 15 is 0 Å². The van der Waals surface area contributed by atoms with Gasteiger partial charge < -0.3 is 9.84 Å². The Hall–Kier alpha value is -1.77. The van der Waals surface area contributed by atoms with Crippen LogP contribution in [0.2, 0.25) is 0 Å². The lowest BCUT2D eigenvalue weighted by Crippen LogP contribution is -2.32. The average Bonchev–Trinajstić information content (AvgIpc) is 3.22. The van der Waals surface area contributed by atoms with Crippen LogP contribution in [0.25, 0.3) is 5.57 Å². The van der Waals surface area contributed by atoms with E-state index in [4.69, 9.17) is 4.74 Å². The second kappa shape index (κ2) is 4.62. The molecular weight excluding hydrogens is 264 g/mol. The summed E-state index contributed by atoms with van der Waals surface area (Å²) >= 11 is 0. The number of carbonyl (C=O) groups is 1. The molecule has 112 valence electrons. The van der Waals surface area contributed by atoms with E-state index in [-0.39, 0.29) is 12.4 Å². The van der Waals surface area contributed by atoms with Crippen molar-refractivity contribution < 1.29 is 14.6 Å². The van der Waals surface area contributed by atoms with Gasteiger partial charge in [-0.3, -0.25) is 0 Å². The maximum absolute atomic E-state index is 12.2. The molecule has 1 fully saturated rings. The summed E-state index contributed by atoms with van der Waals surface area (Å²) in [6.45, 7) is 8.00. The molecule has 0 saturated heterocycles. The number of cyclic esters (lactones) is 1. The number of esters is 1. The molecule has 0 amide bonds. The van der Waals surface area contributed by atoms with Crippen molar-refractivity contribution in [1.29, 1.82) is 0 Å². The lowest BCUT2D eigenvalue weighted by molar-refractivity contribution is -0.141. The second-order valence-corrected chi connectivity index (χ2v) is 6.99. The van der Waals surface area contributed by atoms with Crippen molar-refractivity contribution in [3.05, 3.63) is 40.1 Å². The molecule has 0 unspecified atom stereocenters. The van der Waals surface area contributed by atoms with E-state index in [2.05, 4.69) is 12.1 Å². The zero-order valence-electron chi connectivity index (χ0n) is 13.1. The van der Waals surface area contributed by atoms with Crippen molar-refractivity contribution in [3.63, 3.8) is 0 Å². The molecule has 2 aliphatic rings. The molecule has 1 aliphatic carbocycles. The van der Waals surface area contributed by atoms with Gasteiger partial charge in [0.15, 0.2) is 0 Å². The molecule has 1 aliphatic heterocycles. The Morgan fingerprint density at radius 1 is 1.19 bits per heavy atom. The van der Waals surface area contributed by atoms with Gasteiger partial charge in [0.25, 0.3) is 0 Å². The molecule has 0 bridgehead atoms. The van der Waals surface area contributed by atoms with Gasteiger partial charge in [-0.2, -0.15) is 0 Å². The molecule has 1 aromatic rings. The molecule has 1 N–H and O–H groups in total. The highest BCUT2D eigenvalue weighted by Gasteiger charge is 2.38. The lowest BCUT2D eigenvalue weighted by atomic mass is 9.82. The van der Waals surface area contributed by atoms with Gasteiger partial charge >= 0.3 is 5.97 Å². The summed E-state index contributed by atoms with van der Waals surface area (Å²) in [5.41, 5.74) is 4.05. The number of aliphatic hydroxyl groups excluding tert-OH is 1. The van der Waals surface area contributed by atoms with Gasteiger partial charge in [0.1, 0.15) is 17.9 Å². The fourth-order valence-corrected chi connectivity index (χ4v) is 3.09. The topological polar surface area (TPSA) is 46.5 Å². The van der Waals surface area contributed by atoms with Gasteiger partial charge in [-0.25, -0.2) is 4.79 Å². The predicted octanol–water partition coefficient (Wildman–Crippen LogP) is 4.03. The van der Waals surface area contributed by atoms with Gasteiger partial charge in [-0.15, -0.1) is 0 Å². The van der Waals surface area contributed by atoms with Gasteiger partial charge in [0.05, 0.1) is 5.41 Å². The first-order chi connectivity index (χ1) is 9.81. The summed E-state index contributed by atoms with van der Waals surface area (Å²) in [5.74, 6) is 0.398. The first kappa shape index (κ1) is 14.2. The third kappa shape index (κ3) is 2.35. The van der Waals surface area contributed by atoms with E-state index in [1.807, 2.05) is 27.7 Å². The Morgan fingerprint density at radius 3 is 2.29 bits per heavy atom. The molecule has 0 spiro atoms. The van der Waals surface area contributed by atoms with E-state index in [9.17, 15) is 9.90 Å². The number of hydrogen-bond acceptors (Lipinski definition) is 3. The van der Waals surface area contributed by atoms with Gasteiger partial charge in [-0.05, 0) is 68.7 Å². The zero-order valence-corrected chi connectivity index (χ0v) is 13.1. The molecule has 0 aromatic heterocycles. The number of ether oxygens (including phenoxy) is 1. The Kier molecular flexibility index (Phi) is 3.12. The molecule has 1 saturated carbocycles. The van der Waals surface area contributed by atoms with Crippen LogP contribution in [0.3, 0.4) is 0 Å². The maximum Gasteiger partial charge on any atom is 0.342 e. The minimum Gasteiger partial charge on any atom is -0.511 e. The standard InChI is InChI=1S/C18H22O3/c1-10-7-13(12-5-6-12)8-11(2)14(10)15-16(19)18(3,4)9-21-17(15)20/h7-8,12,19H,5-6,9H2,1-4H3. The van der Waals surface area contributed by atoms with E-state index in [1.165, 1.54) is 18.4 Å². The number of carbonyl (C=O) groups excluding carboxylic acids is 1. The smallest absolute Gasteiger partial charge is 0.342 e. The molecule has 3 heteroatoms. The van der Waals surface area contributed by atoms with Crippen LogP contribution in [-0.2, 0) is 9.53 Å². The van der Waals surface area contributed by atoms with Crippen LogP contribution in [0.1, 0.15) is 54.9 Å². The van der Waals surface area contributed by atoms with Crippen LogP contribution in [0.4, 0.5) is 0 Å². The molecule has 0 radical (unpaired) electrons. The predicted molar refractivity (Wildman–Crippen MR) is 82.2 cm³/mol. The third-order valence-electron chi connectivity index (χ3n) is 4.50. The second-order valence-electron chi connectivity index (χ2n) is 6.99. The van der Waals surface area contributed by atoms with Crippen molar-refractivity contribution in [2.24, 2.45) is 5.41 Å². The Balaban J connectivity index is 2.17. The van der Waals surface area contributed by atoms with E-state index in [1.54, 1.807) is 0 Å². The molecule has 0 atom stereocenters. The maximum atomic E-state index is 12.2. The Bertz CT molecular complexity index is 625. The van der Waals surface area contributed by atoms with Crippen molar-refractivity contribution in [2.45, 2.75) is 46.5 Å². The number of rotatable bonds is 2. The molecular formula is C18H22O3. The number of aryl methyl sites for hydroxylation is 2. The number of aliphatic hydroxyl groups is 1. The summed E-state index contributed by atoms with van der Waals surface area (Å²) < 4.78 is 5.27. The Morgan fingerprint density at radius 2 is 1.76 bits per heavy atom. The summed E-state index contributed by atoms with van der Waals surface area (Å²) in [4.78, 5) is 12.2. The van der Waals surface area contributed by atoms with E-state index < -0.39 is 11.4 Å². The van der Waals surface area contributed by atoms with Gasteiger partial charge in [-0.1, -0.05) is 12.1 Å². The summed E-state index contributed by atoms with van der Waals surface area (Å²) in [7, 11) is 0. The van der Waals surface area contributed by atoms with Gasteiger partial charge in [0.2, 0.25) is 0 Å². The first-order valence-corrected chi connectivity index (χ1v) is 7.53. The van der Waals surface area contributed by atoms with Crippen LogP contribution in [0, 0.1) is 19.3 Å². The summed E-state index contributed by atoms with van der Waals surface area (Å²) in [5, 5.41) is 10.5. The average molecular weight is 286 g/mol. The normalized spacial score (nSPS) is 21.4. The largest absolute Gasteiger partial charge is 0.511 e. The minimum absolute atomic E-state index is 0.143. The van der Waals surface area contributed by atoms with Gasteiger partial charge in [0, 0.05) is 0 Å². The number of benzene rings is 1.